The molecule has 0 aromatic heterocycles. The Kier molecular flexibility index (Phi) is 9.64. The number of morpholine rings is 1. The van der Waals surface area contributed by atoms with Gasteiger partial charge in [0.25, 0.3) is 0 Å². The summed E-state index contributed by atoms with van der Waals surface area (Å²) in [7, 11) is 3.49. The second-order valence-electron chi connectivity index (χ2n) is 10.6. The van der Waals surface area contributed by atoms with Crippen LogP contribution < -0.4 is 9.47 Å². The Balaban J connectivity index is 1.82. The minimum Gasteiger partial charge on any atom is -0.496 e. The van der Waals surface area contributed by atoms with E-state index in [1.807, 2.05) is 0 Å². The third-order valence-electron chi connectivity index (χ3n) is 7.75. The molecular formula is C29H45NO4. The Bertz CT molecular complexity index is 829. The van der Waals surface area contributed by atoms with Crippen molar-refractivity contribution in [1.29, 1.82) is 0 Å². The maximum absolute atomic E-state index is 9.81. The first-order valence-electron chi connectivity index (χ1n) is 12.8. The first-order valence-corrected chi connectivity index (χ1v) is 12.8. The quantitative estimate of drug-likeness (QED) is 0.342. The number of methoxy groups -OCH3 is 2. The summed E-state index contributed by atoms with van der Waals surface area (Å²) in [6.07, 6.45) is 7.58. The molecule has 2 aliphatic rings. The number of ether oxygens (including phenoxy) is 3. The number of nitrogens with zero attached hydrogens (tertiary/aromatic N) is 1. The molecule has 5 heteroatoms. The van der Waals surface area contributed by atoms with Crippen molar-refractivity contribution < 1.29 is 19.3 Å². The number of rotatable bonds is 11. The van der Waals surface area contributed by atoms with Crippen LogP contribution in [0, 0.1) is 5.92 Å². The highest BCUT2D eigenvalue weighted by atomic mass is 16.5. The summed E-state index contributed by atoms with van der Waals surface area (Å²) in [5, 5.41) is 9.81. The summed E-state index contributed by atoms with van der Waals surface area (Å²) in [5.74, 6) is 2.12. The monoisotopic (exact) mass is 471 g/mol. The van der Waals surface area contributed by atoms with Gasteiger partial charge in [0.15, 0.2) is 0 Å². The first-order chi connectivity index (χ1) is 16.3. The van der Waals surface area contributed by atoms with Crippen molar-refractivity contribution >= 4 is 0 Å². The Hall–Kier alpha value is -1.82. The molecule has 2 unspecified atom stereocenters. The van der Waals surface area contributed by atoms with Crippen molar-refractivity contribution in [2.24, 2.45) is 5.92 Å². The summed E-state index contributed by atoms with van der Waals surface area (Å²) in [5.41, 5.74) is 4.56. The van der Waals surface area contributed by atoms with Gasteiger partial charge in [0.05, 0.1) is 34.0 Å². The number of aliphatic hydroxyl groups excluding tert-OH is 1. The van der Waals surface area contributed by atoms with E-state index in [4.69, 9.17) is 14.2 Å². The van der Waals surface area contributed by atoms with E-state index < -0.39 is 0 Å². The summed E-state index contributed by atoms with van der Waals surface area (Å²) >= 11 is 0. The molecule has 1 aliphatic heterocycles. The van der Waals surface area contributed by atoms with Gasteiger partial charge in [-0.1, -0.05) is 38.5 Å². The number of hydrogen-bond donors (Lipinski definition) is 1. The highest BCUT2D eigenvalue weighted by Crippen LogP contribution is 2.48. The molecule has 0 spiro atoms. The van der Waals surface area contributed by atoms with Gasteiger partial charge in [0.2, 0.25) is 0 Å². The standard InChI is InChI=1S/C29H45NO4/c1-21(2)24-10-9-22(20-31)17-25(24)28-26(32-5)18-23(19-27(28)33-6)29(3,4)11-7-8-12-30-13-15-34-16-14-30/h17-19,24-25,31H,1,7-16,20H2,2-6H3. The fourth-order valence-electron chi connectivity index (χ4n) is 5.47. The molecule has 3 rings (SSSR count). The highest BCUT2D eigenvalue weighted by Gasteiger charge is 2.33. The second kappa shape index (κ2) is 12.2. The van der Waals surface area contributed by atoms with E-state index >= 15 is 0 Å². The van der Waals surface area contributed by atoms with Gasteiger partial charge >= 0.3 is 0 Å². The Morgan fingerprint density at radius 2 is 1.79 bits per heavy atom. The SMILES string of the molecule is C=C(C)C1CCC(CO)=CC1c1c(OC)cc(C(C)(C)CCCCN2CCOCC2)cc1OC. The average molecular weight is 472 g/mol. The van der Waals surface area contributed by atoms with Gasteiger partial charge in [-0.15, -0.1) is 0 Å². The minimum atomic E-state index is 0.0104. The predicted molar refractivity (Wildman–Crippen MR) is 139 cm³/mol. The van der Waals surface area contributed by atoms with Crippen molar-refractivity contribution in [1.82, 2.24) is 4.90 Å². The van der Waals surface area contributed by atoms with Crippen LogP contribution >= 0.6 is 0 Å². The number of aliphatic hydroxyl groups is 1. The van der Waals surface area contributed by atoms with Crippen LogP contribution in [-0.2, 0) is 10.2 Å². The zero-order chi connectivity index (χ0) is 24.7. The van der Waals surface area contributed by atoms with E-state index in [-0.39, 0.29) is 17.9 Å². The number of allylic oxidation sites excluding steroid dienone is 2. The van der Waals surface area contributed by atoms with Gasteiger partial charge in [0, 0.05) is 24.6 Å². The van der Waals surface area contributed by atoms with E-state index in [1.165, 1.54) is 18.4 Å². The fraction of sp³-hybridized carbons (Fsp3) is 0.655. The molecule has 1 heterocycles. The molecule has 190 valence electrons. The molecule has 1 aromatic carbocycles. The first kappa shape index (κ1) is 26.8. The lowest BCUT2D eigenvalue weighted by atomic mass is 9.72. The molecule has 0 radical (unpaired) electrons. The Morgan fingerprint density at radius 1 is 1.15 bits per heavy atom. The summed E-state index contributed by atoms with van der Waals surface area (Å²) in [6.45, 7) is 16.1. The number of hydrogen-bond acceptors (Lipinski definition) is 5. The van der Waals surface area contributed by atoms with Crippen LogP contribution in [0.5, 0.6) is 11.5 Å². The lowest BCUT2D eigenvalue weighted by Crippen LogP contribution is -2.36. The molecule has 1 aliphatic carbocycles. The van der Waals surface area contributed by atoms with Crippen molar-refractivity contribution in [3.05, 3.63) is 47.1 Å². The molecule has 0 bridgehead atoms. The predicted octanol–water partition coefficient (Wildman–Crippen LogP) is 5.47. The number of unbranched alkanes of at least 4 members (excludes halogenated alkanes) is 1. The molecule has 34 heavy (non-hydrogen) atoms. The largest absolute Gasteiger partial charge is 0.496 e. The Labute approximate surface area is 206 Å². The molecule has 1 saturated heterocycles. The summed E-state index contributed by atoms with van der Waals surface area (Å²) in [4.78, 5) is 2.51. The third kappa shape index (κ3) is 6.44. The van der Waals surface area contributed by atoms with Crippen LogP contribution in [0.2, 0.25) is 0 Å². The highest BCUT2D eigenvalue weighted by molar-refractivity contribution is 5.54. The van der Waals surface area contributed by atoms with Gasteiger partial charge in [-0.05, 0) is 73.8 Å². The van der Waals surface area contributed by atoms with E-state index in [2.05, 4.69) is 50.5 Å². The van der Waals surface area contributed by atoms with Crippen molar-refractivity contribution in [2.75, 3.05) is 53.7 Å². The molecule has 1 fully saturated rings. The normalized spacial score (nSPS) is 21.8. The van der Waals surface area contributed by atoms with Gasteiger partial charge in [-0.2, -0.15) is 0 Å². The lowest BCUT2D eigenvalue weighted by molar-refractivity contribution is 0.0370. The molecule has 2 atom stereocenters. The minimum absolute atomic E-state index is 0.0104. The molecule has 1 N–H and O–H groups in total. The van der Waals surface area contributed by atoms with Crippen LogP contribution in [0.15, 0.2) is 35.9 Å². The lowest BCUT2D eigenvalue weighted by Gasteiger charge is -2.34. The van der Waals surface area contributed by atoms with Crippen molar-refractivity contribution in [3.63, 3.8) is 0 Å². The maximum Gasteiger partial charge on any atom is 0.126 e. The third-order valence-corrected chi connectivity index (χ3v) is 7.75. The second-order valence-corrected chi connectivity index (χ2v) is 10.6. The van der Waals surface area contributed by atoms with Gasteiger partial charge in [-0.3, -0.25) is 4.90 Å². The molecule has 0 saturated carbocycles. The van der Waals surface area contributed by atoms with Crippen molar-refractivity contribution in [3.8, 4) is 11.5 Å². The molecule has 5 nitrogen and oxygen atoms in total. The fourth-order valence-corrected chi connectivity index (χ4v) is 5.47. The number of benzene rings is 1. The zero-order valence-electron chi connectivity index (χ0n) is 22.0. The van der Waals surface area contributed by atoms with Crippen LogP contribution in [0.4, 0.5) is 0 Å². The molecular weight excluding hydrogens is 426 g/mol. The maximum atomic E-state index is 9.81. The smallest absolute Gasteiger partial charge is 0.126 e. The van der Waals surface area contributed by atoms with Gasteiger partial charge in [-0.25, -0.2) is 0 Å². The average Bonchev–Trinajstić information content (AvgIpc) is 2.85. The topological polar surface area (TPSA) is 51.2 Å². The van der Waals surface area contributed by atoms with Gasteiger partial charge in [0.1, 0.15) is 11.5 Å². The summed E-state index contributed by atoms with van der Waals surface area (Å²) in [6, 6.07) is 4.41. The van der Waals surface area contributed by atoms with E-state index in [1.54, 1.807) is 14.2 Å². The van der Waals surface area contributed by atoms with E-state index in [9.17, 15) is 5.11 Å². The van der Waals surface area contributed by atoms with Crippen LogP contribution in [-0.4, -0.2) is 63.7 Å². The van der Waals surface area contributed by atoms with Crippen LogP contribution in [0.3, 0.4) is 0 Å². The Morgan fingerprint density at radius 3 is 2.35 bits per heavy atom. The van der Waals surface area contributed by atoms with Gasteiger partial charge < -0.3 is 19.3 Å². The zero-order valence-corrected chi connectivity index (χ0v) is 22.0. The summed E-state index contributed by atoms with van der Waals surface area (Å²) < 4.78 is 17.4. The van der Waals surface area contributed by atoms with E-state index in [0.29, 0.717) is 5.92 Å². The van der Waals surface area contributed by atoms with Crippen molar-refractivity contribution in [2.45, 2.75) is 64.2 Å². The molecule has 1 aromatic rings. The van der Waals surface area contributed by atoms with Crippen LogP contribution in [0.25, 0.3) is 0 Å². The van der Waals surface area contributed by atoms with Crippen LogP contribution in [0.1, 0.15) is 69.9 Å². The van der Waals surface area contributed by atoms with E-state index in [0.717, 1.165) is 80.3 Å². The molecule has 0 amide bonds.